The zero-order valence-corrected chi connectivity index (χ0v) is 12.8. The quantitative estimate of drug-likeness (QED) is 0.842. The van der Waals surface area contributed by atoms with E-state index in [2.05, 4.69) is 17.2 Å². The Balaban J connectivity index is 2.46. The van der Waals surface area contributed by atoms with Crippen LogP contribution in [0.3, 0.4) is 0 Å². The third-order valence-corrected chi connectivity index (χ3v) is 4.18. The number of hydrogen-bond acceptors (Lipinski definition) is 4. The first kappa shape index (κ1) is 15.9. The van der Waals surface area contributed by atoms with E-state index < -0.39 is 6.10 Å². The minimum Gasteiger partial charge on any atom is -0.393 e. The first-order valence-electron chi connectivity index (χ1n) is 6.58. The van der Waals surface area contributed by atoms with Crippen LogP contribution in [0.4, 0.5) is 4.79 Å². The van der Waals surface area contributed by atoms with Gasteiger partial charge in [-0.1, -0.05) is 6.92 Å². The Labute approximate surface area is 118 Å². The molecule has 2 atom stereocenters. The summed E-state index contributed by atoms with van der Waals surface area (Å²) in [5, 5.41) is 13.0. The van der Waals surface area contributed by atoms with Crippen molar-refractivity contribution < 1.29 is 9.90 Å². The van der Waals surface area contributed by atoms with Gasteiger partial charge in [-0.15, -0.1) is 11.3 Å². The molecular weight excluding hydrogens is 262 g/mol. The molecule has 2 amide bonds. The van der Waals surface area contributed by atoms with Crippen LogP contribution in [-0.4, -0.2) is 40.7 Å². The fraction of sp³-hybridized carbons (Fsp3) is 0.692. The number of carbonyl (C=O) groups excluding carboxylic acids is 1. The molecule has 0 saturated carbocycles. The first-order chi connectivity index (χ1) is 8.93. The van der Waals surface area contributed by atoms with E-state index >= 15 is 0 Å². The van der Waals surface area contributed by atoms with Crippen LogP contribution in [0.5, 0.6) is 0 Å². The van der Waals surface area contributed by atoms with Crippen LogP contribution in [0, 0.1) is 0 Å². The van der Waals surface area contributed by atoms with Gasteiger partial charge in [-0.2, -0.15) is 0 Å². The van der Waals surface area contributed by atoms with Gasteiger partial charge in [-0.3, -0.25) is 0 Å². The van der Waals surface area contributed by atoms with Crippen LogP contribution in [0.1, 0.15) is 43.1 Å². The summed E-state index contributed by atoms with van der Waals surface area (Å²) in [6.07, 6.45) is 3.01. The molecule has 0 saturated heterocycles. The van der Waals surface area contributed by atoms with E-state index in [9.17, 15) is 9.90 Å². The summed E-state index contributed by atoms with van der Waals surface area (Å²) in [5.41, 5.74) is 0. The van der Waals surface area contributed by atoms with Gasteiger partial charge >= 0.3 is 6.03 Å². The highest BCUT2D eigenvalue weighted by Crippen LogP contribution is 2.20. The Kier molecular flexibility index (Phi) is 6.24. The molecule has 19 heavy (non-hydrogen) atoms. The molecule has 0 spiro atoms. The molecule has 0 aliphatic heterocycles. The number of aromatic nitrogens is 1. The van der Waals surface area contributed by atoms with E-state index in [1.807, 2.05) is 13.1 Å². The standard InChI is InChI=1S/C13H23N3O2S/c1-5-11-8-14-12(19-11)10(3)15-13(18)16(4)7-6-9(2)17/h8-10,17H,5-7H2,1-4H3,(H,15,18). The van der Waals surface area contributed by atoms with Crippen molar-refractivity contribution in [2.75, 3.05) is 13.6 Å². The summed E-state index contributed by atoms with van der Waals surface area (Å²) in [6, 6.07) is -0.229. The second kappa shape index (κ2) is 7.45. The zero-order valence-electron chi connectivity index (χ0n) is 12.0. The second-order valence-corrected chi connectivity index (χ2v) is 5.90. The van der Waals surface area contributed by atoms with E-state index in [0.717, 1.165) is 11.4 Å². The number of carbonyl (C=O) groups is 1. The van der Waals surface area contributed by atoms with Crippen LogP contribution >= 0.6 is 11.3 Å². The Bertz CT molecular complexity index is 406. The molecule has 5 nitrogen and oxygen atoms in total. The van der Waals surface area contributed by atoms with Crippen molar-refractivity contribution in [3.63, 3.8) is 0 Å². The number of aryl methyl sites for hydroxylation is 1. The fourth-order valence-electron chi connectivity index (χ4n) is 1.53. The van der Waals surface area contributed by atoms with Crippen molar-refractivity contribution in [2.45, 2.75) is 45.8 Å². The summed E-state index contributed by atoms with van der Waals surface area (Å²) in [6.45, 7) is 6.27. The average Bonchev–Trinajstić information content (AvgIpc) is 2.84. The molecule has 0 aliphatic carbocycles. The van der Waals surface area contributed by atoms with Crippen molar-refractivity contribution in [3.8, 4) is 0 Å². The van der Waals surface area contributed by atoms with Crippen molar-refractivity contribution in [1.82, 2.24) is 15.2 Å². The molecule has 6 heteroatoms. The maximum atomic E-state index is 11.9. The summed E-state index contributed by atoms with van der Waals surface area (Å²) in [4.78, 5) is 19.0. The molecule has 108 valence electrons. The lowest BCUT2D eigenvalue weighted by Gasteiger charge is -2.21. The van der Waals surface area contributed by atoms with Gasteiger partial charge in [0.1, 0.15) is 5.01 Å². The predicted molar refractivity (Wildman–Crippen MR) is 77.4 cm³/mol. The Morgan fingerprint density at radius 2 is 2.26 bits per heavy atom. The van der Waals surface area contributed by atoms with Gasteiger partial charge in [0.2, 0.25) is 0 Å². The predicted octanol–water partition coefficient (Wildman–Crippen LogP) is 2.18. The van der Waals surface area contributed by atoms with E-state index in [1.165, 1.54) is 4.88 Å². The zero-order chi connectivity index (χ0) is 14.4. The molecule has 1 rings (SSSR count). The van der Waals surface area contributed by atoms with Gasteiger partial charge in [-0.25, -0.2) is 9.78 Å². The fourth-order valence-corrected chi connectivity index (χ4v) is 2.38. The highest BCUT2D eigenvalue weighted by Gasteiger charge is 2.16. The third-order valence-electron chi connectivity index (χ3n) is 2.86. The minimum absolute atomic E-state index is 0.0909. The second-order valence-electron chi connectivity index (χ2n) is 4.75. The van der Waals surface area contributed by atoms with E-state index in [-0.39, 0.29) is 12.1 Å². The molecule has 0 aliphatic rings. The molecule has 1 aromatic rings. The maximum absolute atomic E-state index is 11.9. The van der Waals surface area contributed by atoms with Crippen LogP contribution in [-0.2, 0) is 6.42 Å². The van der Waals surface area contributed by atoms with Crippen LogP contribution in [0.15, 0.2) is 6.20 Å². The number of aliphatic hydroxyl groups excluding tert-OH is 1. The van der Waals surface area contributed by atoms with Crippen LogP contribution < -0.4 is 5.32 Å². The van der Waals surface area contributed by atoms with Gasteiger partial charge in [0, 0.05) is 24.7 Å². The number of nitrogens with zero attached hydrogens (tertiary/aromatic N) is 2. The highest BCUT2D eigenvalue weighted by molar-refractivity contribution is 7.11. The maximum Gasteiger partial charge on any atom is 0.317 e. The summed E-state index contributed by atoms with van der Waals surface area (Å²) in [7, 11) is 1.73. The number of hydrogen-bond donors (Lipinski definition) is 2. The Hall–Kier alpha value is -1.14. The first-order valence-corrected chi connectivity index (χ1v) is 7.40. The van der Waals surface area contributed by atoms with E-state index in [4.69, 9.17) is 0 Å². The van der Waals surface area contributed by atoms with Crippen molar-refractivity contribution >= 4 is 17.4 Å². The molecule has 1 heterocycles. The lowest BCUT2D eigenvalue weighted by atomic mass is 10.3. The van der Waals surface area contributed by atoms with Gasteiger partial charge in [0.25, 0.3) is 0 Å². The monoisotopic (exact) mass is 285 g/mol. The minimum atomic E-state index is -0.390. The number of thiazole rings is 1. The largest absolute Gasteiger partial charge is 0.393 e. The third kappa shape index (κ3) is 5.16. The summed E-state index contributed by atoms with van der Waals surface area (Å²) < 4.78 is 0. The number of rotatable bonds is 6. The number of urea groups is 1. The van der Waals surface area contributed by atoms with Gasteiger partial charge in [0.05, 0.1) is 12.1 Å². The lowest BCUT2D eigenvalue weighted by Crippen LogP contribution is -2.39. The average molecular weight is 285 g/mol. The van der Waals surface area contributed by atoms with Gasteiger partial charge in [0.15, 0.2) is 0 Å². The lowest BCUT2D eigenvalue weighted by molar-refractivity contribution is 0.162. The number of aliphatic hydroxyl groups is 1. The number of nitrogens with one attached hydrogen (secondary N) is 1. The molecule has 2 unspecified atom stereocenters. The SMILES string of the molecule is CCc1cnc(C(C)NC(=O)N(C)CCC(C)O)s1. The molecule has 2 N–H and O–H groups in total. The highest BCUT2D eigenvalue weighted by atomic mass is 32.1. The Morgan fingerprint density at radius 1 is 1.58 bits per heavy atom. The molecule has 0 bridgehead atoms. The van der Waals surface area contributed by atoms with Crippen LogP contribution in [0.25, 0.3) is 0 Å². The Morgan fingerprint density at radius 3 is 2.79 bits per heavy atom. The normalized spacial score (nSPS) is 13.9. The molecule has 1 aromatic heterocycles. The van der Waals surface area contributed by atoms with Crippen molar-refractivity contribution in [3.05, 3.63) is 16.1 Å². The molecular formula is C13H23N3O2S. The summed E-state index contributed by atoms with van der Waals surface area (Å²) >= 11 is 1.63. The number of amides is 2. The molecule has 0 radical (unpaired) electrons. The van der Waals surface area contributed by atoms with Gasteiger partial charge < -0.3 is 15.3 Å². The van der Waals surface area contributed by atoms with Gasteiger partial charge in [-0.05, 0) is 26.7 Å². The topological polar surface area (TPSA) is 65.5 Å². The smallest absolute Gasteiger partial charge is 0.317 e. The summed E-state index contributed by atoms with van der Waals surface area (Å²) in [5.74, 6) is 0. The van der Waals surface area contributed by atoms with E-state index in [1.54, 1.807) is 30.2 Å². The van der Waals surface area contributed by atoms with E-state index in [0.29, 0.717) is 13.0 Å². The van der Waals surface area contributed by atoms with Crippen LogP contribution in [0.2, 0.25) is 0 Å². The molecule has 0 aromatic carbocycles. The van der Waals surface area contributed by atoms with Crippen molar-refractivity contribution in [1.29, 1.82) is 0 Å². The molecule has 0 fully saturated rings. The van der Waals surface area contributed by atoms with Crippen molar-refractivity contribution in [2.24, 2.45) is 0 Å².